The van der Waals surface area contributed by atoms with Crippen molar-refractivity contribution in [3.8, 4) is 0 Å². The maximum atomic E-state index is 13.3. The van der Waals surface area contributed by atoms with Gasteiger partial charge in [-0.1, -0.05) is 62.7 Å². The van der Waals surface area contributed by atoms with E-state index < -0.39 is 23.7 Å². The third kappa shape index (κ3) is 12.4. The standard InChI is InChI=1S/C32H42N2O7/c1-5-40-30(37)17-10-9-16-28(33-32(39)41-22-25-13-7-6-8-14-25)29(36)20-26-19-18-24(4)34(31(26)38)21-27(35)15-11-12-23(2)3/h6-8,10,13-14,17-19,23,28H,5,9,11-12,15-16,20-22H2,1-4H3,(H,33,39)/b17-10+/t28-/m0/s1. The van der Waals surface area contributed by atoms with Crippen LogP contribution in [0.3, 0.4) is 0 Å². The van der Waals surface area contributed by atoms with E-state index in [0.717, 1.165) is 18.4 Å². The van der Waals surface area contributed by atoms with E-state index >= 15 is 0 Å². The number of allylic oxidation sites excluding steroid dienone is 1. The number of alkyl carbamates (subject to hydrolysis) is 1. The minimum Gasteiger partial charge on any atom is -0.463 e. The van der Waals surface area contributed by atoms with Crippen LogP contribution in [0.1, 0.15) is 69.7 Å². The molecule has 0 aliphatic carbocycles. The highest BCUT2D eigenvalue weighted by molar-refractivity contribution is 5.89. The first kappa shape index (κ1) is 33.2. The number of amides is 1. The van der Waals surface area contributed by atoms with Crippen LogP contribution < -0.4 is 10.9 Å². The second kappa shape index (κ2) is 17.6. The number of ketones is 2. The molecule has 0 saturated carbocycles. The van der Waals surface area contributed by atoms with Crippen LogP contribution in [-0.2, 0) is 43.4 Å². The Hall–Kier alpha value is -4.01. The Bertz CT molecular complexity index is 1250. The van der Waals surface area contributed by atoms with Crippen LogP contribution >= 0.6 is 0 Å². The van der Waals surface area contributed by atoms with Gasteiger partial charge in [0.05, 0.1) is 19.2 Å². The zero-order valence-corrected chi connectivity index (χ0v) is 24.5. The molecule has 2 aromatic rings. The van der Waals surface area contributed by atoms with Gasteiger partial charge < -0.3 is 19.4 Å². The summed E-state index contributed by atoms with van der Waals surface area (Å²) in [5.74, 6) is -0.417. The molecule has 41 heavy (non-hydrogen) atoms. The SMILES string of the molecule is CCOC(=O)/C=C/CC[C@H](NC(=O)OCc1ccccc1)C(=O)Cc1ccc(C)n(CC(=O)CCCC(C)C)c1=O. The van der Waals surface area contributed by atoms with Gasteiger partial charge in [0, 0.05) is 30.2 Å². The van der Waals surface area contributed by atoms with Crippen LogP contribution in [0.25, 0.3) is 0 Å². The van der Waals surface area contributed by atoms with Gasteiger partial charge in [0.1, 0.15) is 6.61 Å². The third-order valence-corrected chi connectivity index (χ3v) is 6.46. The van der Waals surface area contributed by atoms with E-state index in [1.54, 1.807) is 32.1 Å². The van der Waals surface area contributed by atoms with Gasteiger partial charge in [-0.2, -0.15) is 0 Å². The molecule has 0 saturated heterocycles. The zero-order chi connectivity index (χ0) is 30.2. The Morgan fingerprint density at radius 1 is 1.00 bits per heavy atom. The maximum Gasteiger partial charge on any atom is 0.408 e. The number of aryl methyl sites for hydroxylation is 1. The number of hydrogen-bond donors (Lipinski definition) is 1. The fraction of sp³-hybridized carbons (Fsp3) is 0.469. The van der Waals surface area contributed by atoms with Crippen molar-refractivity contribution in [2.24, 2.45) is 5.92 Å². The first-order chi connectivity index (χ1) is 19.6. The average Bonchev–Trinajstić information content (AvgIpc) is 2.93. The molecule has 0 unspecified atom stereocenters. The Kier molecular flexibility index (Phi) is 14.3. The second-order valence-corrected chi connectivity index (χ2v) is 10.3. The number of benzene rings is 1. The molecule has 0 aliphatic heterocycles. The zero-order valence-electron chi connectivity index (χ0n) is 24.5. The molecule has 0 bridgehead atoms. The Morgan fingerprint density at radius 2 is 1.73 bits per heavy atom. The number of nitrogens with one attached hydrogen (secondary N) is 1. The minimum atomic E-state index is -0.961. The predicted molar refractivity (Wildman–Crippen MR) is 156 cm³/mol. The summed E-state index contributed by atoms with van der Waals surface area (Å²) in [6.45, 7) is 7.88. The van der Waals surface area contributed by atoms with E-state index in [0.29, 0.717) is 24.5 Å². The van der Waals surface area contributed by atoms with Gasteiger partial charge in [-0.05, 0) is 50.7 Å². The molecular formula is C32H42N2O7. The molecule has 0 spiro atoms. The monoisotopic (exact) mass is 566 g/mol. The molecule has 2 rings (SSSR count). The van der Waals surface area contributed by atoms with Gasteiger partial charge >= 0.3 is 12.1 Å². The number of rotatable bonds is 17. The lowest BCUT2D eigenvalue weighted by Crippen LogP contribution is -2.42. The summed E-state index contributed by atoms with van der Waals surface area (Å²) >= 11 is 0. The number of nitrogens with zero attached hydrogens (tertiary/aromatic N) is 1. The third-order valence-electron chi connectivity index (χ3n) is 6.46. The highest BCUT2D eigenvalue weighted by atomic mass is 16.5. The number of ether oxygens (including phenoxy) is 2. The van der Waals surface area contributed by atoms with Crippen LogP contribution in [-0.4, -0.2) is 40.8 Å². The smallest absolute Gasteiger partial charge is 0.408 e. The van der Waals surface area contributed by atoms with Gasteiger partial charge in [0.15, 0.2) is 11.6 Å². The second-order valence-electron chi connectivity index (χ2n) is 10.3. The molecule has 1 aromatic carbocycles. The van der Waals surface area contributed by atoms with Crippen molar-refractivity contribution in [2.75, 3.05) is 6.61 Å². The summed E-state index contributed by atoms with van der Waals surface area (Å²) < 4.78 is 11.6. The molecule has 9 heteroatoms. The highest BCUT2D eigenvalue weighted by Gasteiger charge is 2.23. The molecule has 1 atom stereocenters. The van der Waals surface area contributed by atoms with Crippen LogP contribution in [0, 0.1) is 12.8 Å². The van der Waals surface area contributed by atoms with E-state index in [1.165, 1.54) is 10.6 Å². The van der Waals surface area contributed by atoms with Crippen LogP contribution in [0.15, 0.2) is 59.4 Å². The molecule has 1 amide bonds. The van der Waals surface area contributed by atoms with E-state index in [9.17, 15) is 24.0 Å². The van der Waals surface area contributed by atoms with Crippen molar-refractivity contribution >= 4 is 23.6 Å². The number of pyridine rings is 1. The molecule has 0 aliphatic rings. The Morgan fingerprint density at radius 3 is 2.41 bits per heavy atom. The lowest BCUT2D eigenvalue weighted by Gasteiger charge is -2.18. The van der Waals surface area contributed by atoms with E-state index in [1.807, 2.05) is 30.3 Å². The lowest BCUT2D eigenvalue weighted by molar-refractivity contribution is -0.137. The number of carbonyl (C=O) groups is 4. The molecular weight excluding hydrogens is 524 g/mol. The first-order valence-corrected chi connectivity index (χ1v) is 14.1. The molecule has 1 heterocycles. The van der Waals surface area contributed by atoms with Crippen LogP contribution in [0.4, 0.5) is 4.79 Å². The van der Waals surface area contributed by atoms with Crippen molar-refractivity contribution in [2.45, 2.75) is 85.4 Å². The number of Topliss-reactive ketones (excluding diaryl/α,β-unsaturated/α-hetero) is 2. The predicted octanol–water partition coefficient (Wildman–Crippen LogP) is 4.86. The minimum absolute atomic E-state index is 0.0320. The van der Waals surface area contributed by atoms with Crippen molar-refractivity contribution in [3.05, 3.63) is 81.8 Å². The number of hydrogen-bond acceptors (Lipinski definition) is 7. The molecule has 1 N–H and O–H groups in total. The summed E-state index contributed by atoms with van der Waals surface area (Å²) in [5, 5.41) is 2.61. The van der Waals surface area contributed by atoms with Crippen molar-refractivity contribution in [1.82, 2.24) is 9.88 Å². The Balaban J connectivity index is 2.12. The first-order valence-electron chi connectivity index (χ1n) is 14.1. The quantitative estimate of drug-likeness (QED) is 0.214. The summed E-state index contributed by atoms with van der Waals surface area (Å²) in [5.41, 5.74) is 1.26. The number of esters is 1. The largest absolute Gasteiger partial charge is 0.463 e. The normalized spacial score (nSPS) is 11.8. The van der Waals surface area contributed by atoms with Crippen molar-refractivity contribution in [1.29, 1.82) is 0 Å². The van der Waals surface area contributed by atoms with Crippen molar-refractivity contribution < 1.29 is 28.7 Å². The summed E-state index contributed by atoms with van der Waals surface area (Å²) in [7, 11) is 0. The van der Waals surface area contributed by atoms with Gasteiger partial charge in [0.25, 0.3) is 5.56 Å². The van der Waals surface area contributed by atoms with Crippen LogP contribution in [0.5, 0.6) is 0 Å². The molecule has 9 nitrogen and oxygen atoms in total. The van der Waals surface area contributed by atoms with Crippen molar-refractivity contribution in [3.63, 3.8) is 0 Å². The van der Waals surface area contributed by atoms with Gasteiger partial charge in [-0.25, -0.2) is 9.59 Å². The highest BCUT2D eigenvalue weighted by Crippen LogP contribution is 2.10. The van der Waals surface area contributed by atoms with E-state index in [4.69, 9.17) is 9.47 Å². The number of aromatic nitrogens is 1. The topological polar surface area (TPSA) is 121 Å². The fourth-order valence-corrected chi connectivity index (χ4v) is 4.17. The van der Waals surface area contributed by atoms with E-state index in [2.05, 4.69) is 19.2 Å². The molecule has 0 fully saturated rings. The van der Waals surface area contributed by atoms with E-state index in [-0.39, 0.29) is 49.7 Å². The molecule has 1 aromatic heterocycles. The van der Waals surface area contributed by atoms with Gasteiger partial charge in [0.2, 0.25) is 0 Å². The van der Waals surface area contributed by atoms with Gasteiger partial charge in [-0.15, -0.1) is 0 Å². The lowest BCUT2D eigenvalue weighted by atomic mass is 10.0. The average molecular weight is 567 g/mol. The number of carbonyl (C=O) groups excluding carboxylic acids is 4. The fourth-order valence-electron chi connectivity index (χ4n) is 4.17. The summed E-state index contributed by atoms with van der Waals surface area (Å²) in [4.78, 5) is 63.2. The maximum absolute atomic E-state index is 13.3. The van der Waals surface area contributed by atoms with Crippen LogP contribution in [0.2, 0.25) is 0 Å². The molecule has 0 radical (unpaired) electrons. The Labute approximate surface area is 241 Å². The summed E-state index contributed by atoms with van der Waals surface area (Å²) in [6, 6.07) is 11.5. The van der Waals surface area contributed by atoms with Gasteiger partial charge in [-0.3, -0.25) is 14.4 Å². The molecule has 222 valence electrons. The summed E-state index contributed by atoms with van der Waals surface area (Å²) in [6.07, 6.45) is 4.42.